The largest absolute Gasteiger partial charge is 0.508 e. The predicted octanol–water partition coefficient (Wildman–Crippen LogP) is 3.59. The van der Waals surface area contributed by atoms with Gasteiger partial charge in [0.2, 0.25) is 0 Å². The summed E-state index contributed by atoms with van der Waals surface area (Å²) >= 11 is 0. The number of aromatic nitrogens is 1. The molecule has 6 nitrogen and oxygen atoms in total. The van der Waals surface area contributed by atoms with Crippen molar-refractivity contribution < 1.29 is 19.4 Å². The van der Waals surface area contributed by atoms with Gasteiger partial charge in [0.15, 0.2) is 0 Å². The van der Waals surface area contributed by atoms with E-state index in [0.717, 1.165) is 11.4 Å². The quantitative estimate of drug-likeness (QED) is 0.726. The number of carbonyl (C=O) groups is 2. The number of phenolic OH excluding ortho intramolecular Hbond substituents is 1. The Kier molecular flexibility index (Phi) is 6.31. The number of ether oxygens (including phenoxy) is 1. The number of carbonyl (C=O) groups excluding carboxylic acids is 2. The number of hydrogen-bond donors (Lipinski definition) is 2. The first-order chi connectivity index (χ1) is 12.7. The van der Waals surface area contributed by atoms with Crippen LogP contribution in [0, 0.1) is 12.8 Å². The molecule has 0 spiro atoms. The van der Waals surface area contributed by atoms with Gasteiger partial charge in [-0.25, -0.2) is 0 Å². The topological polar surface area (TPSA) is 94.6 Å². The van der Waals surface area contributed by atoms with E-state index in [4.69, 9.17) is 10.5 Å². The maximum Gasteiger partial charge on any atom is 0.305 e. The van der Waals surface area contributed by atoms with Gasteiger partial charge >= 0.3 is 5.97 Å². The van der Waals surface area contributed by atoms with Crippen LogP contribution in [-0.4, -0.2) is 28.7 Å². The summed E-state index contributed by atoms with van der Waals surface area (Å²) in [6.07, 6.45) is 0.595. The van der Waals surface area contributed by atoms with Crippen LogP contribution >= 0.6 is 0 Å². The van der Waals surface area contributed by atoms with Crippen molar-refractivity contribution in [3.05, 3.63) is 41.2 Å². The number of phenols is 1. The Bertz CT molecular complexity index is 852. The second-order valence-electron chi connectivity index (χ2n) is 7.13. The number of aromatic hydroxyl groups is 1. The van der Waals surface area contributed by atoms with Crippen LogP contribution in [-0.2, 0) is 16.0 Å². The van der Waals surface area contributed by atoms with E-state index < -0.39 is 5.91 Å². The summed E-state index contributed by atoms with van der Waals surface area (Å²) in [4.78, 5) is 24.1. The summed E-state index contributed by atoms with van der Waals surface area (Å²) in [5.74, 6) is -0.435. The molecule has 1 aromatic heterocycles. The maximum atomic E-state index is 12.3. The number of amides is 1. The number of methoxy groups -OCH3 is 1. The highest BCUT2D eigenvalue weighted by atomic mass is 16.5. The first kappa shape index (κ1) is 20.6. The fourth-order valence-corrected chi connectivity index (χ4v) is 3.46. The predicted molar refractivity (Wildman–Crippen MR) is 105 cm³/mol. The summed E-state index contributed by atoms with van der Waals surface area (Å²) in [7, 11) is 1.36. The van der Waals surface area contributed by atoms with Crippen LogP contribution in [0.25, 0.3) is 11.1 Å². The summed E-state index contributed by atoms with van der Waals surface area (Å²) < 4.78 is 6.88. The molecule has 27 heavy (non-hydrogen) atoms. The van der Waals surface area contributed by atoms with Gasteiger partial charge in [-0.2, -0.15) is 0 Å². The van der Waals surface area contributed by atoms with Gasteiger partial charge in [-0.15, -0.1) is 0 Å². The van der Waals surface area contributed by atoms with E-state index in [2.05, 4.69) is 25.3 Å². The Morgan fingerprint density at radius 1 is 1.26 bits per heavy atom. The fraction of sp³-hybridized carbons (Fsp3) is 0.429. The van der Waals surface area contributed by atoms with Crippen molar-refractivity contribution in [1.29, 1.82) is 0 Å². The smallest absolute Gasteiger partial charge is 0.305 e. The lowest BCUT2D eigenvalue weighted by Gasteiger charge is -2.23. The molecule has 3 N–H and O–H groups in total. The molecule has 0 saturated carbocycles. The number of primary amides is 1. The summed E-state index contributed by atoms with van der Waals surface area (Å²) in [5.41, 5.74) is 9.13. The van der Waals surface area contributed by atoms with Crippen LogP contribution in [0.2, 0.25) is 0 Å². The molecule has 0 saturated heterocycles. The van der Waals surface area contributed by atoms with Gasteiger partial charge in [0.25, 0.3) is 5.91 Å². The molecule has 2 aromatic rings. The zero-order chi connectivity index (χ0) is 20.3. The molecule has 0 radical (unpaired) electrons. The second kappa shape index (κ2) is 8.29. The van der Waals surface area contributed by atoms with Gasteiger partial charge in [0.1, 0.15) is 5.75 Å². The monoisotopic (exact) mass is 372 g/mol. The van der Waals surface area contributed by atoms with Crippen molar-refractivity contribution >= 4 is 11.9 Å². The third-order valence-corrected chi connectivity index (χ3v) is 5.10. The van der Waals surface area contributed by atoms with Crippen LogP contribution < -0.4 is 5.73 Å². The highest BCUT2D eigenvalue weighted by Crippen LogP contribution is 2.38. The van der Waals surface area contributed by atoms with Crippen LogP contribution in [0.4, 0.5) is 0 Å². The summed E-state index contributed by atoms with van der Waals surface area (Å²) in [6.45, 7) is 8.15. The van der Waals surface area contributed by atoms with E-state index in [1.165, 1.54) is 7.11 Å². The number of hydrogen-bond acceptors (Lipinski definition) is 4. The lowest BCUT2D eigenvalue weighted by Crippen LogP contribution is -2.18. The standard InChI is InChI=1S/C21H28N2O4/c1-12(2)13(3)23-14(4)19(21(22)26)20(15-7-6-8-16(24)11-15)17(23)9-10-18(25)27-5/h6-8,11-13,24H,9-10H2,1-5H3,(H2,22,26). The Balaban J connectivity index is 2.79. The molecule has 146 valence electrons. The van der Waals surface area contributed by atoms with Crippen LogP contribution in [0.15, 0.2) is 24.3 Å². The Labute approximate surface area is 159 Å². The zero-order valence-corrected chi connectivity index (χ0v) is 16.6. The lowest BCUT2D eigenvalue weighted by atomic mass is 9.97. The van der Waals surface area contributed by atoms with E-state index in [1.54, 1.807) is 18.2 Å². The van der Waals surface area contributed by atoms with Gasteiger partial charge in [-0.1, -0.05) is 26.0 Å². The molecule has 1 heterocycles. The average Bonchev–Trinajstić information content (AvgIpc) is 2.91. The van der Waals surface area contributed by atoms with Crippen molar-refractivity contribution in [2.24, 2.45) is 11.7 Å². The lowest BCUT2D eigenvalue weighted by molar-refractivity contribution is -0.140. The van der Waals surface area contributed by atoms with Gasteiger partial charge in [-0.3, -0.25) is 9.59 Å². The normalized spacial score (nSPS) is 12.2. The third-order valence-electron chi connectivity index (χ3n) is 5.10. The van der Waals surface area contributed by atoms with E-state index in [-0.39, 0.29) is 24.2 Å². The molecule has 1 aromatic carbocycles. The van der Waals surface area contributed by atoms with E-state index >= 15 is 0 Å². The zero-order valence-electron chi connectivity index (χ0n) is 16.6. The number of nitrogens with zero attached hydrogens (tertiary/aromatic N) is 1. The van der Waals surface area contributed by atoms with Crippen molar-refractivity contribution in [2.75, 3.05) is 7.11 Å². The highest BCUT2D eigenvalue weighted by molar-refractivity contribution is 6.02. The Morgan fingerprint density at radius 3 is 2.44 bits per heavy atom. The highest BCUT2D eigenvalue weighted by Gasteiger charge is 2.28. The summed E-state index contributed by atoms with van der Waals surface area (Å²) in [6, 6.07) is 6.82. The number of nitrogens with two attached hydrogens (primary N) is 1. The Hall–Kier alpha value is -2.76. The molecule has 1 unspecified atom stereocenters. The minimum Gasteiger partial charge on any atom is -0.508 e. The Morgan fingerprint density at radius 2 is 1.93 bits per heavy atom. The molecule has 2 rings (SSSR count). The number of benzene rings is 1. The molecule has 1 amide bonds. The van der Waals surface area contributed by atoms with Gasteiger partial charge in [-0.05, 0) is 43.9 Å². The minimum atomic E-state index is -0.528. The molecule has 6 heteroatoms. The molecule has 1 atom stereocenters. The maximum absolute atomic E-state index is 12.3. The van der Waals surface area contributed by atoms with Gasteiger partial charge in [0.05, 0.1) is 19.1 Å². The first-order valence-corrected chi connectivity index (χ1v) is 9.08. The molecule has 0 aliphatic rings. The van der Waals surface area contributed by atoms with E-state index in [0.29, 0.717) is 29.0 Å². The van der Waals surface area contributed by atoms with Crippen LogP contribution in [0.5, 0.6) is 5.75 Å². The molecule has 0 bridgehead atoms. The van der Waals surface area contributed by atoms with Gasteiger partial charge in [0, 0.05) is 23.0 Å². The molecule has 0 aliphatic carbocycles. The number of esters is 1. The minimum absolute atomic E-state index is 0.0989. The molecular formula is C21H28N2O4. The fourth-order valence-electron chi connectivity index (χ4n) is 3.46. The summed E-state index contributed by atoms with van der Waals surface area (Å²) in [5, 5.41) is 9.93. The van der Waals surface area contributed by atoms with Crippen molar-refractivity contribution in [1.82, 2.24) is 4.57 Å². The van der Waals surface area contributed by atoms with Crippen LogP contribution in [0.3, 0.4) is 0 Å². The van der Waals surface area contributed by atoms with Crippen LogP contribution in [0.1, 0.15) is 55.0 Å². The number of rotatable bonds is 7. The van der Waals surface area contributed by atoms with Gasteiger partial charge < -0.3 is 20.1 Å². The first-order valence-electron chi connectivity index (χ1n) is 9.08. The van der Waals surface area contributed by atoms with E-state index in [9.17, 15) is 14.7 Å². The van der Waals surface area contributed by atoms with Crippen molar-refractivity contribution in [2.45, 2.75) is 46.6 Å². The van der Waals surface area contributed by atoms with E-state index in [1.807, 2.05) is 13.0 Å². The van der Waals surface area contributed by atoms with Crippen molar-refractivity contribution in [3.63, 3.8) is 0 Å². The molecule has 0 aliphatic heterocycles. The average molecular weight is 372 g/mol. The third kappa shape index (κ3) is 4.15. The molecule has 0 fully saturated rings. The second-order valence-corrected chi connectivity index (χ2v) is 7.13. The SMILES string of the molecule is COC(=O)CCc1c(-c2cccc(O)c2)c(C(N)=O)c(C)n1C(C)C(C)C. The molecular weight excluding hydrogens is 344 g/mol. The van der Waals surface area contributed by atoms with Crippen molar-refractivity contribution in [3.8, 4) is 16.9 Å².